The lowest BCUT2D eigenvalue weighted by molar-refractivity contribution is 0.725. The lowest BCUT2D eigenvalue weighted by atomic mass is 10.0. The normalized spacial score (nSPS) is 12.5. The van der Waals surface area contributed by atoms with Crippen molar-refractivity contribution in [3.63, 3.8) is 0 Å². The molecule has 0 aliphatic rings. The Hall–Kier alpha value is -0.310. The number of rotatable bonds is 3. The fraction of sp³-hybridized carbons (Fsp3) is 0.273. The largest absolute Gasteiger partial charge is 0.103 e. The Morgan fingerprint density at radius 3 is 2.92 bits per heavy atom. The number of halogens is 1. The minimum atomic E-state index is 0.572. The smallest absolute Gasteiger partial charge is 0.0133 e. The van der Waals surface area contributed by atoms with Crippen LogP contribution in [0.3, 0.4) is 0 Å². The quantitative estimate of drug-likeness (QED) is 0.581. The van der Waals surface area contributed by atoms with Gasteiger partial charge in [-0.1, -0.05) is 25.1 Å². The highest BCUT2D eigenvalue weighted by Crippen LogP contribution is 2.12. The maximum atomic E-state index is 3.78. The molecular formula is C11H13I. The minimum absolute atomic E-state index is 0.572. The topological polar surface area (TPSA) is 0 Å². The first-order chi connectivity index (χ1) is 5.72. The minimum Gasteiger partial charge on any atom is -0.103 e. The molecule has 0 fully saturated rings. The first kappa shape index (κ1) is 9.78. The van der Waals surface area contributed by atoms with Crippen LogP contribution in [0.1, 0.15) is 12.5 Å². The summed E-state index contributed by atoms with van der Waals surface area (Å²) in [5.74, 6) is 0.572. The number of hydrogen-bond acceptors (Lipinski definition) is 0. The van der Waals surface area contributed by atoms with Crippen LogP contribution in [0.25, 0.3) is 0 Å². The zero-order valence-corrected chi connectivity index (χ0v) is 9.41. The summed E-state index contributed by atoms with van der Waals surface area (Å²) in [7, 11) is 0. The molecule has 1 rings (SSSR count). The third-order valence-corrected chi connectivity index (χ3v) is 2.52. The maximum Gasteiger partial charge on any atom is 0.0133 e. The highest BCUT2D eigenvalue weighted by atomic mass is 125. The monoisotopic (exact) mass is 270 g/mol. The molecule has 0 aromatic heterocycles. The van der Waals surface area contributed by atoms with E-state index in [4.69, 9.17) is 0 Å². The van der Waals surface area contributed by atoms with Gasteiger partial charge in [0.05, 0.1) is 0 Å². The lowest BCUT2D eigenvalue weighted by Gasteiger charge is -2.05. The van der Waals surface area contributed by atoms with E-state index in [1.54, 1.807) is 0 Å². The van der Waals surface area contributed by atoms with Gasteiger partial charge in [0, 0.05) is 3.57 Å². The van der Waals surface area contributed by atoms with E-state index < -0.39 is 0 Å². The molecule has 0 saturated heterocycles. The van der Waals surface area contributed by atoms with Crippen molar-refractivity contribution in [1.82, 2.24) is 0 Å². The molecule has 1 atom stereocenters. The molecule has 0 amide bonds. The van der Waals surface area contributed by atoms with Gasteiger partial charge in [0.1, 0.15) is 0 Å². The van der Waals surface area contributed by atoms with Gasteiger partial charge in [-0.25, -0.2) is 0 Å². The van der Waals surface area contributed by atoms with Gasteiger partial charge < -0.3 is 0 Å². The van der Waals surface area contributed by atoms with E-state index in [0.29, 0.717) is 5.92 Å². The highest BCUT2D eigenvalue weighted by molar-refractivity contribution is 14.1. The lowest BCUT2D eigenvalue weighted by Crippen LogP contribution is -1.95. The van der Waals surface area contributed by atoms with Crippen molar-refractivity contribution in [3.05, 3.63) is 46.1 Å². The van der Waals surface area contributed by atoms with Crippen LogP contribution in [0.5, 0.6) is 0 Å². The van der Waals surface area contributed by atoms with Crippen molar-refractivity contribution in [2.75, 3.05) is 0 Å². The molecule has 1 unspecified atom stereocenters. The summed E-state index contributed by atoms with van der Waals surface area (Å²) in [4.78, 5) is 0. The summed E-state index contributed by atoms with van der Waals surface area (Å²) in [6, 6.07) is 8.61. The second-order valence-corrected chi connectivity index (χ2v) is 4.29. The molecule has 1 aromatic carbocycles. The summed E-state index contributed by atoms with van der Waals surface area (Å²) < 4.78 is 1.31. The predicted octanol–water partition coefficient (Wildman–Crippen LogP) is 3.66. The maximum absolute atomic E-state index is 3.78. The zero-order valence-electron chi connectivity index (χ0n) is 7.26. The molecule has 0 bridgehead atoms. The summed E-state index contributed by atoms with van der Waals surface area (Å²) in [6.07, 6.45) is 3.10. The van der Waals surface area contributed by atoms with Gasteiger partial charge in [0.2, 0.25) is 0 Å². The van der Waals surface area contributed by atoms with E-state index in [-0.39, 0.29) is 0 Å². The molecule has 1 heteroatoms. The molecule has 0 aliphatic carbocycles. The van der Waals surface area contributed by atoms with Crippen molar-refractivity contribution in [2.45, 2.75) is 13.3 Å². The molecule has 0 spiro atoms. The van der Waals surface area contributed by atoms with Crippen LogP contribution in [-0.4, -0.2) is 0 Å². The number of hydrogen-bond donors (Lipinski definition) is 0. The second kappa shape index (κ2) is 4.65. The molecule has 0 radical (unpaired) electrons. The Labute approximate surface area is 87.8 Å². The molecule has 64 valence electrons. The molecule has 1 aromatic rings. The fourth-order valence-corrected chi connectivity index (χ4v) is 1.73. The van der Waals surface area contributed by atoms with Crippen molar-refractivity contribution < 1.29 is 0 Å². The van der Waals surface area contributed by atoms with Crippen LogP contribution in [0.4, 0.5) is 0 Å². The predicted molar refractivity (Wildman–Crippen MR) is 62.2 cm³/mol. The molecule has 0 saturated carbocycles. The van der Waals surface area contributed by atoms with E-state index in [9.17, 15) is 0 Å². The van der Waals surface area contributed by atoms with Crippen LogP contribution in [0.15, 0.2) is 36.9 Å². The average molecular weight is 270 g/mol. The Morgan fingerprint density at radius 2 is 2.33 bits per heavy atom. The average Bonchev–Trinajstić information content (AvgIpc) is 2.04. The Kier molecular flexibility index (Phi) is 3.79. The number of allylic oxidation sites excluding steroid dienone is 1. The Balaban J connectivity index is 2.69. The molecule has 0 heterocycles. The van der Waals surface area contributed by atoms with Crippen molar-refractivity contribution in [3.8, 4) is 0 Å². The van der Waals surface area contributed by atoms with E-state index in [0.717, 1.165) is 6.42 Å². The van der Waals surface area contributed by atoms with Gasteiger partial charge >= 0.3 is 0 Å². The molecular weight excluding hydrogens is 257 g/mol. The van der Waals surface area contributed by atoms with Gasteiger partial charge in [-0.15, -0.1) is 6.58 Å². The van der Waals surface area contributed by atoms with Gasteiger partial charge in [0.25, 0.3) is 0 Å². The third-order valence-electron chi connectivity index (χ3n) is 1.85. The van der Waals surface area contributed by atoms with Crippen LogP contribution in [0, 0.1) is 9.49 Å². The van der Waals surface area contributed by atoms with Crippen LogP contribution < -0.4 is 0 Å². The summed E-state index contributed by atoms with van der Waals surface area (Å²) in [5, 5.41) is 0. The van der Waals surface area contributed by atoms with Crippen LogP contribution in [0.2, 0.25) is 0 Å². The molecule has 0 aliphatic heterocycles. The van der Waals surface area contributed by atoms with E-state index in [2.05, 4.69) is 60.4 Å². The van der Waals surface area contributed by atoms with Crippen LogP contribution in [-0.2, 0) is 6.42 Å². The molecule has 12 heavy (non-hydrogen) atoms. The fourth-order valence-electron chi connectivity index (χ4n) is 1.12. The highest BCUT2D eigenvalue weighted by Gasteiger charge is 1.98. The van der Waals surface area contributed by atoms with Crippen LogP contribution >= 0.6 is 22.6 Å². The second-order valence-electron chi connectivity index (χ2n) is 3.05. The van der Waals surface area contributed by atoms with Crippen molar-refractivity contribution in [2.24, 2.45) is 5.92 Å². The number of benzene rings is 1. The van der Waals surface area contributed by atoms with E-state index >= 15 is 0 Å². The summed E-state index contributed by atoms with van der Waals surface area (Å²) in [6.45, 7) is 5.96. The Bertz CT molecular complexity index is 265. The molecule has 0 N–H and O–H groups in total. The first-order valence-corrected chi connectivity index (χ1v) is 5.17. The summed E-state index contributed by atoms with van der Waals surface area (Å²) >= 11 is 2.34. The first-order valence-electron chi connectivity index (χ1n) is 4.09. The van der Waals surface area contributed by atoms with E-state index in [1.165, 1.54) is 9.13 Å². The Morgan fingerprint density at radius 1 is 1.58 bits per heavy atom. The molecule has 0 nitrogen and oxygen atoms in total. The van der Waals surface area contributed by atoms with Gasteiger partial charge in [-0.3, -0.25) is 0 Å². The van der Waals surface area contributed by atoms with Crippen molar-refractivity contribution in [1.29, 1.82) is 0 Å². The zero-order chi connectivity index (χ0) is 8.97. The van der Waals surface area contributed by atoms with Gasteiger partial charge in [-0.2, -0.15) is 0 Å². The summed E-state index contributed by atoms with van der Waals surface area (Å²) in [5.41, 5.74) is 1.40. The SMILES string of the molecule is C=CC(C)Cc1cccc([125I])c1. The van der Waals surface area contributed by atoms with Crippen molar-refractivity contribution >= 4 is 22.6 Å². The third kappa shape index (κ3) is 2.97. The van der Waals surface area contributed by atoms with E-state index in [1.807, 2.05) is 6.08 Å². The van der Waals surface area contributed by atoms with Gasteiger partial charge in [0.15, 0.2) is 0 Å². The van der Waals surface area contributed by atoms with Gasteiger partial charge in [-0.05, 0) is 52.6 Å². The standard InChI is InChI=1S/C11H13I/c1-3-9(2)7-10-5-4-6-11(12)8-10/h3-6,8-9H,1,7H2,2H3/i12-2.